The molecule has 0 aliphatic rings. The van der Waals surface area contributed by atoms with Crippen LogP contribution in [0.15, 0.2) is 48.5 Å². The molecule has 2 aromatic carbocycles. The Morgan fingerprint density at radius 3 is 1.95 bits per heavy atom. The van der Waals surface area contributed by atoms with Crippen molar-refractivity contribution in [3.63, 3.8) is 0 Å². The summed E-state index contributed by atoms with van der Waals surface area (Å²) in [6.45, 7) is 2.07. The van der Waals surface area contributed by atoms with Crippen molar-refractivity contribution in [2.24, 2.45) is 0 Å². The first-order chi connectivity index (χ1) is 9.11. The monoisotopic (exact) mass is 257 g/mol. The fourth-order valence-corrected chi connectivity index (χ4v) is 1.91. The molecule has 0 saturated heterocycles. The Hall–Kier alpha value is -2.20. The van der Waals surface area contributed by atoms with Gasteiger partial charge in [0.2, 0.25) is 0 Å². The van der Waals surface area contributed by atoms with Crippen molar-refractivity contribution in [1.29, 1.82) is 0 Å². The zero-order valence-corrected chi connectivity index (χ0v) is 10.6. The zero-order valence-electron chi connectivity index (χ0n) is 10.6. The number of benzene rings is 2. The molecule has 0 fully saturated rings. The molecule has 0 amide bonds. The van der Waals surface area contributed by atoms with Gasteiger partial charge in [0.15, 0.2) is 0 Å². The summed E-state index contributed by atoms with van der Waals surface area (Å²) in [7, 11) is 0. The Morgan fingerprint density at radius 2 is 1.53 bits per heavy atom. The average Bonchev–Trinajstić information content (AvgIpc) is 2.46. The average molecular weight is 257 g/mol. The topological polar surface area (TPSA) is 63.4 Å². The van der Waals surface area contributed by atoms with E-state index in [1.807, 2.05) is 24.3 Å². The zero-order chi connectivity index (χ0) is 13.8. The van der Waals surface area contributed by atoms with Crippen LogP contribution in [0.3, 0.4) is 0 Å². The Balaban J connectivity index is 2.22. The first kappa shape index (κ1) is 13.2. The molecule has 0 aliphatic carbocycles. The van der Waals surface area contributed by atoms with E-state index in [2.05, 4.69) is 6.92 Å². The molecular formula is C15H15NO3. The maximum atomic E-state index is 10.6. The molecule has 1 atom stereocenters. The van der Waals surface area contributed by atoms with Gasteiger partial charge in [0.25, 0.3) is 5.69 Å². The summed E-state index contributed by atoms with van der Waals surface area (Å²) in [5, 5.41) is 20.8. The van der Waals surface area contributed by atoms with E-state index in [1.165, 1.54) is 17.7 Å². The predicted octanol–water partition coefficient (Wildman–Crippen LogP) is 3.24. The molecule has 0 unspecified atom stereocenters. The molecule has 0 aliphatic heterocycles. The molecule has 0 radical (unpaired) electrons. The number of hydrogen-bond acceptors (Lipinski definition) is 3. The highest BCUT2D eigenvalue weighted by atomic mass is 16.6. The van der Waals surface area contributed by atoms with Crippen molar-refractivity contribution in [2.45, 2.75) is 19.4 Å². The Labute approximate surface area is 111 Å². The summed E-state index contributed by atoms with van der Waals surface area (Å²) in [5.74, 6) is 0. The lowest BCUT2D eigenvalue weighted by atomic mass is 10.00. The summed E-state index contributed by atoms with van der Waals surface area (Å²) in [5.41, 5.74) is 2.66. The molecule has 2 rings (SSSR count). The van der Waals surface area contributed by atoms with Gasteiger partial charge in [-0.3, -0.25) is 10.1 Å². The van der Waals surface area contributed by atoms with Crippen LogP contribution >= 0.6 is 0 Å². The Morgan fingerprint density at radius 1 is 1.05 bits per heavy atom. The van der Waals surface area contributed by atoms with E-state index in [1.54, 1.807) is 12.1 Å². The molecular weight excluding hydrogens is 242 g/mol. The molecule has 98 valence electrons. The molecule has 1 N–H and O–H groups in total. The van der Waals surface area contributed by atoms with Gasteiger partial charge in [0, 0.05) is 12.1 Å². The van der Waals surface area contributed by atoms with E-state index < -0.39 is 11.0 Å². The van der Waals surface area contributed by atoms with Gasteiger partial charge >= 0.3 is 0 Å². The van der Waals surface area contributed by atoms with Crippen LogP contribution in [0.5, 0.6) is 0 Å². The maximum absolute atomic E-state index is 10.6. The summed E-state index contributed by atoms with van der Waals surface area (Å²) >= 11 is 0. The molecule has 0 spiro atoms. The second-order valence-corrected chi connectivity index (χ2v) is 4.35. The van der Waals surface area contributed by atoms with Crippen LogP contribution in [0.25, 0.3) is 0 Å². The van der Waals surface area contributed by atoms with Crippen molar-refractivity contribution in [1.82, 2.24) is 0 Å². The van der Waals surface area contributed by atoms with Gasteiger partial charge in [-0.05, 0) is 35.2 Å². The fraction of sp³-hybridized carbons (Fsp3) is 0.200. The van der Waals surface area contributed by atoms with Crippen LogP contribution in [0.2, 0.25) is 0 Å². The minimum atomic E-state index is -0.758. The second-order valence-electron chi connectivity index (χ2n) is 4.35. The van der Waals surface area contributed by atoms with E-state index in [0.717, 1.165) is 12.0 Å². The summed E-state index contributed by atoms with van der Waals surface area (Å²) in [6.07, 6.45) is 0.195. The number of aliphatic hydroxyl groups excluding tert-OH is 1. The van der Waals surface area contributed by atoms with Gasteiger partial charge in [-0.15, -0.1) is 0 Å². The lowest BCUT2D eigenvalue weighted by molar-refractivity contribution is -0.384. The first-order valence-electron chi connectivity index (χ1n) is 6.13. The van der Waals surface area contributed by atoms with Gasteiger partial charge in [0.05, 0.1) is 4.92 Å². The number of nitrogens with zero attached hydrogens (tertiary/aromatic N) is 1. The van der Waals surface area contributed by atoms with Gasteiger partial charge in [-0.2, -0.15) is 0 Å². The van der Waals surface area contributed by atoms with Crippen molar-refractivity contribution in [2.75, 3.05) is 0 Å². The lowest BCUT2D eigenvalue weighted by Gasteiger charge is -2.11. The highest BCUT2D eigenvalue weighted by Crippen LogP contribution is 2.24. The molecule has 0 aromatic heterocycles. The summed E-state index contributed by atoms with van der Waals surface area (Å²) in [6, 6.07) is 13.7. The van der Waals surface area contributed by atoms with E-state index in [4.69, 9.17) is 0 Å². The number of aliphatic hydroxyl groups is 1. The normalized spacial score (nSPS) is 12.1. The molecule has 4 heteroatoms. The third kappa shape index (κ3) is 2.98. The van der Waals surface area contributed by atoms with Crippen molar-refractivity contribution in [3.8, 4) is 0 Å². The third-order valence-electron chi connectivity index (χ3n) is 3.12. The van der Waals surface area contributed by atoms with Crippen molar-refractivity contribution in [3.05, 3.63) is 75.3 Å². The van der Waals surface area contributed by atoms with Crippen LogP contribution in [-0.2, 0) is 6.42 Å². The number of nitro groups is 1. The predicted molar refractivity (Wildman–Crippen MR) is 73.0 cm³/mol. The van der Waals surface area contributed by atoms with Crippen LogP contribution < -0.4 is 0 Å². The number of non-ortho nitro benzene ring substituents is 1. The largest absolute Gasteiger partial charge is 0.384 e. The van der Waals surface area contributed by atoms with Crippen LogP contribution in [0.4, 0.5) is 5.69 Å². The lowest BCUT2D eigenvalue weighted by Crippen LogP contribution is -2.00. The summed E-state index contributed by atoms with van der Waals surface area (Å²) in [4.78, 5) is 10.1. The molecule has 0 heterocycles. The van der Waals surface area contributed by atoms with Crippen LogP contribution in [0, 0.1) is 10.1 Å². The van der Waals surface area contributed by atoms with Crippen LogP contribution in [0.1, 0.15) is 29.7 Å². The minimum absolute atomic E-state index is 0.0253. The molecule has 2 aromatic rings. The molecule has 0 bridgehead atoms. The van der Waals surface area contributed by atoms with E-state index in [0.29, 0.717) is 5.56 Å². The number of rotatable bonds is 4. The second kappa shape index (κ2) is 5.63. The van der Waals surface area contributed by atoms with Crippen LogP contribution in [-0.4, -0.2) is 10.0 Å². The number of nitro benzene ring substituents is 1. The quantitative estimate of drug-likeness (QED) is 0.675. The van der Waals surface area contributed by atoms with E-state index in [9.17, 15) is 15.2 Å². The maximum Gasteiger partial charge on any atom is 0.269 e. The van der Waals surface area contributed by atoms with Gasteiger partial charge in [-0.1, -0.05) is 31.2 Å². The Bertz CT molecular complexity index is 561. The van der Waals surface area contributed by atoms with Crippen molar-refractivity contribution >= 4 is 5.69 Å². The highest BCUT2D eigenvalue weighted by molar-refractivity contribution is 5.37. The van der Waals surface area contributed by atoms with E-state index >= 15 is 0 Å². The van der Waals surface area contributed by atoms with Gasteiger partial charge < -0.3 is 5.11 Å². The number of hydrogen-bond donors (Lipinski definition) is 1. The third-order valence-corrected chi connectivity index (χ3v) is 3.12. The molecule has 4 nitrogen and oxygen atoms in total. The smallest absolute Gasteiger partial charge is 0.269 e. The van der Waals surface area contributed by atoms with E-state index in [-0.39, 0.29) is 5.69 Å². The van der Waals surface area contributed by atoms with Crippen molar-refractivity contribution < 1.29 is 10.0 Å². The molecule has 19 heavy (non-hydrogen) atoms. The standard InChI is InChI=1S/C15H15NO3/c1-2-11-3-5-12(6-4-11)15(17)13-7-9-14(10-8-13)16(18)19/h3-10,15,17H,2H2,1H3/t15-/m0/s1. The first-order valence-corrected chi connectivity index (χ1v) is 6.13. The Kier molecular flexibility index (Phi) is 3.92. The SMILES string of the molecule is CCc1ccc([C@H](O)c2ccc([N+](=O)[O-])cc2)cc1. The number of aryl methyl sites for hydroxylation is 1. The fourth-order valence-electron chi connectivity index (χ4n) is 1.91. The van der Waals surface area contributed by atoms with Gasteiger partial charge in [0.1, 0.15) is 6.10 Å². The van der Waals surface area contributed by atoms with Gasteiger partial charge in [-0.25, -0.2) is 0 Å². The molecule has 0 saturated carbocycles. The highest BCUT2D eigenvalue weighted by Gasteiger charge is 2.12. The minimum Gasteiger partial charge on any atom is -0.384 e. The summed E-state index contributed by atoms with van der Waals surface area (Å²) < 4.78 is 0.